The molecule has 102 valence electrons. The Labute approximate surface area is 115 Å². The Bertz CT molecular complexity index is 374. The Balaban J connectivity index is 3.35. The normalized spacial score (nSPS) is 13.1. The van der Waals surface area contributed by atoms with Crippen LogP contribution in [0, 0.1) is 6.92 Å². The summed E-state index contributed by atoms with van der Waals surface area (Å²) in [5.74, 6) is 0. The molecular weight excluding hydrogens is 235 g/mol. The second kappa shape index (κ2) is 5.74. The predicted molar refractivity (Wildman–Crippen MR) is 86.5 cm³/mol. The highest BCUT2D eigenvalue weighted by Gasteiger charge is 2.39. The molecule has 1 rings (SSSR count). The lowest BCUT2D eigenvalue weighted by atomic mass is 10.1. The summed E-state index contributed by atoms with van der Waals surface area (Å²) < 4.78 is 0. The van der Waals surface area contributed by atoms with Crippen LogP contribution in [0.15, 0.2) is 24.3 Å². The van der Waals surface area contributed by atoms with Gasteiger partial charge in [-0.05, 0) is 40.9 Å². The van der Waals surface area contributed by atoms with Crippen LogP contribution in [-0.2, 0) is 0 Å². The highest BCUT2D eigenvalue weighted by Crippen LogP contribution is 2.61. The van der Waals surface area contributed by atoms with Crippen LogP contribution in [0.2, 0.25) is 0 Å². The van der Waals surface area contributed by atoms with Crippen molar-refractivity contribution in [2.24, 2.45) is 0 Å². The van der Waals surface area contributed by atoms with Crippen molar-refractivity contribution in [1.82, 2.24) is 0 Å². The Kier molecular flexibility index (Phi) is 5.01. The molecule has 0 N–H and O–H groups in total. The maximum atomic E-state index is 2.45. The van der Waals surface area contributed by atoms with Gasteiger partial charge in [-0.1, -0.05) is 73.7 Å². The summed E-state index contributed by atoms with van der Waals surface area (Å²) in [6, 6.07) is 8.98. The Morgan fingerprint density at radius 2 is 1.33 bits per heavy atom. The topological polar surface area (TPSA) is 0 Å². The Morgan fingerprint density at radius 3 is 1.72 bits per heavy atom. The van der Waals surface area contributed by atoms with E-state index < -0.39 is 0 Å². The minimum atomic E-state index is -0.163. The molecule has 0 aliphatic heterocycles. The van der Waals surface area contributed by atoms with Crippen LogP contribution >= 0.6 is 7.92 Å². The van der Waals surface area contributed by atoms with Gasteiger partial charge in [0.25, 0.3) is 0 Å². The van der Waals surface area contributed by atoms with Gasteiger partial charge in [0, 0.05) is 0 Å². The van der Waals surface area contributed by atoms with Crippen molar-refractivity contribution < 1.29 is 0 Å². The van der Waals surface area contributed by atoms with Gasteiger partial charge < -0.3 is 0 Å². The van der Waals surface area contributed by atoms with Crippen molar-refractivity contribution >= 4 is 13.2 Å². The van der Waals surface area contributed by atoms with E-state index >= 15 is 0 Å². The summed E-state index contributed by atoms with van der Waals surface area (Å²) in [5.41, 5.74) is 1.46. The summed E-state index contributed by atoms with van der Waals surface area (Å²) in [4.78, 5) is 0. The summed E-state index contributed by atoms with van der Waals surface area (Å²) in [5, 5.41) is 2.41. The third-order valence-electron chi connectivity index (χ3n) is 4.30. The minimum absolute atomic E-state index is 0.163. The van der Waals surface area contributed by atoms with E-state index in [9.17, 15) is 0 Å². The summed E-state index contributed by atoms with van der Waals surface area (Å²) in [6.45, 7) is 16.7. The zero-order valence-electron chi connectivity index (χ0n) is 13.2. The molecule has 0 fully saturated rings. The lowest BCUT2D eigenvalue weighted by Gasteiger charge is -2.45. The maximum absolute atomic E-state index is 2.45. The Morgan fingerprint density at radius 1 is 0.889 bits per heavy atom. The number of hydrogen-bond acceptors (Lipinski definition) is 0. The third-order valence-corrected chi connectivity index (χ3v) is 8.33. The number of rotatable bonds is 5. The lowest BCUT2D eigenvalue weighted by Crippen LogP contribution is -2.35. The van der Waals surface area contributed by atoms with Gasteiger partial charge in [-0.3, -0.25) is 0 Å². The van der Waals surface area contributed by atoms with E-state index in [1.807, 2.05) is 0 Å². The first kappa shape index (κ1) is 15.7. The average Bonchev–Trinajstić information content (AvgIpc) is 2.31. The lowest BCUT2D eigenvalue weighted by molar-refractivity contribution is 0.610. The first-order valence-electron chi connectivity index (χ1n) is 7.12. The van der Waals surface area contributed by atoms with Gasteiger partial charge in [0.05, 0.1) is 0 Å². The van der Waals surface area contributed by atoms with Gasteiger partial charge in [-0.15, -0.1) is 0 Å². The monoisotopic (exact) mass is 264 g/mol. The molecule has 0 heterocycles. The zero-order valence-corrected chi connectivity index (χ0v) is 14.1. The summed E-state index contributed by atoms with van der Waals surface area (Å²) in [6.07, 6.45) is 2.49. The molecule has 0 bridgehead atoms. The van der Waals surface area contributed by atoms with E-state index in [1.165, 1.54) is 18.4 Å². The Hall–Kier alpha value is -0.350. The quantitative estimate of drug-likeness (QED) is 0.618. The fraction of sp³-hybridized carbons (Fsp3) is 0.647. The van der Waals surface area contributed by atoms with Gasteiger partial charge in [-0.2, -0.15) is 0 Å². The van der Waals surface area contributed by atoms with Gasteiger partial charge >= 0.3 is 0 Å². The molecule has 0 nitrogen and oxygen atoms in total. The molecular formula is C17H29P. The van der Waals surface area contributed by atoms with E-state index in [0.717, 1.165) is 0 Å². The van der Waals surface area contributed by atoms with Gasteiger partial charge in [0.1, 0.15) is 0 Å². The maximum Gasteiger partial charge on any atom is -0.0109 e. The molecule has 1 aromatic carbocycles. The van der Waals surface area contributed by atoms with Crippen LogP contribution < -0.4 is 5.30 Å². The van der Waals surface area contributed by atoms with Gasteiger partial charge in [0.2, 0.25) is 0 Å². The molecule has 0 saturated carbocycles. The molecule has 0 radical (unpaired) electrons. The van der Waals surface area contributed by atoms with Crippen molar-refractivity contribution in [3.8, 4) is 0 Å². The van der Waals surface area contributed by atoms with Crippen LogP contribution in [-0.4, -0.2) is 10.3 Å². The molecule has 0 atom stereocenters. The molecule has 1 heteroatoms. The van der Waals surface area contributed by atoms with Crippen LogP contribution in [0.5, 0.6) is 0 Å². The zero-order chi connectivity index (χ0) is 14.0. The number of benzene rings is 1. The largest absolute Gasteiger partial charge is 0.0645 e. The van der Waals surface area contributed by atoms with Crippen LogP contribution in [0.25, 0.3) is 0 Å². The fourth-order valence-corrected chi connectivity index (χ4v) is 6.84. The first-order chi connectivity index (χ1) is 8.26. The van der Waals surface area contributed by atoms with Crippen LogP contribution in [0.1, 0.15) is 59.9 Å². The molecule has 1 aromatic rings. The van der Waals surface area contributed by atoms with Gasteiger partial charge in [0.15, 0.2) is 0 Å². The second-order valence-electron chi connectivity index (χ2n) is 6.45. The van der Waals surface area contributed by atoms with Crippen molar-refractivity contribution in [2.75, 3.05) is 0 Å². The minimum Gasteiger partial charge on any atom is -0.0645 e. The first-order valence-corrected chi connectivity index (χ1v) is 8.46. The predicted octanol–water partition coefficient (Wildman–Crippen LogP) is 5.48. The molecule has 0 unspecified atom stereocenters. The summed E-state index contributed by atoms with van der Waals surface area (Å²) in [7, 11) is -0.163. The molecule has 0 aliphatic rings. The fourth-order valence-electron chi connectivity index (χ4n) is 2.60. The molecule has 18 heavy (non-hydrogen) atoms. The molecule has 0 saturated heterocycles. The molecule has 0 aromatic heterocycles. The highest BCUT2D eigenvalue weighted by molar-refractivity contribution is 7.68. The van der Waals surface area contributed by atoms with Crippen molar-refractivity contribution in [3.63, 3.8) is 0 Å². The van der Waals surface area contributed by atoms with Crippen molar-refractivity contribution in [1.29, 1.82) is 0 Å². The SMILES string of the molecule is CCC(C)(C)P(c1ccccc1C)C(C)(C)CC. The summed E-state index contributed by atoms with van der Waals surface area (Å²) >= 11 is 0. The smallest absolute Gasteiger partial charge is 0.0109 e. The van der Waals surface area contributed by atoms with E-state index in [4.69, 9.17) is 0 Å². The second-order valence-corrected chi connectivity index (χ2v) is 10.0. The van der Waals surface area contributed by atoms with E-state index in [2.05, 4.69) is 72.7 Å². The average molecular weight is 264 g/mol. The van der Waals surface area contributed by atoms with Crippen LogP contribution in [0.4, 0.5) is 0 Å². The van der Waals surface area contributed by atoms with Gasteiger partial charge in [-0.25, -0.2) is 0 Å². The molecule has 0 aliphatic carbocycles. The number of hydrogen-bond donors (Lipinski definition) is 0. The van der Waals surface area contributed by atoms with Crippen LogP contribution in [0.3, 0.4) is 0 Å². The van der Waals surface area contributed by atoms with E-state index in [1.54, 1.807) is 5.30 Å². The highest BCUT2D eigenvalue weighted by atomic mass is 31.1. The molecule has 0 amide bonds. The third kappa shape index (κ3) is 3.15. The van der Waals surface area contributed by atoms with Crippen molar-refractivity contribution in [3.05, 3.63) is 29.8 Å². The molecule has 0 spiro atoms. The standard InChI is InChI=1S/C17H29P/c1-8-16(4,5)18(17(6,7)9-2)15-13-11-10-12-14(15)3/h10-13H,8-9H2,1-7H3. The number of aryl methyl sites for hydroxylation is 1. The van der Waals surface area contributed by atoms with E-state index in [-0.39, 0.29) is 7.92 Å². The van der Waals surface area contributed by atoms with Crippen molar-refractivity contribution in [2.45, 2.75) is 71.6 Å². The van der Waals surface area contributed by atoms with E-state index in [0.29, 0.717) is 10.3 Å².